The summed E-state index contributed by atoms with van der Waals surface area (Å²) in [5, 5.41) is 0. The molecule has 1 aromatic heterocycles. The molecule has 3 saturated heterocycles. The average molecular weight is 377 g/mol. The van der Waals surface area contributed by atoms with Crippen LogP contribution >= 0.6 is 0 Å². The minimum Gasteiger partial charge on any atom is -0.408 e. The number of benzene rings is 1. The number of nitrogens with zero attached hydrogens (tertiary/aromatic N) is 2. The zero-order valence-electron chi connectivity index (χ0n) is 14.6. The van der Waals surface area contributed by atoms with Crippen molar-refractivity contribution in [2.75, 3.05) is 26.2 Å². The molecule has 4 heterocycles. The molecule has 2 bridgehead atoms. The van der Waals surface area contributed by atoms with Gasteiger partial charge in [0.25, 0.3) is 0 Å². The van der Waals surface area contributed by atoms with Crippen LogP contribution in [0.25, 0.3) is 11.1 Å². The minimum atomic E-state index is -3.60. The molecule has 6 rings (SSSR count). The number of H-pyrrole nitrogens is 1. The van der Waals surface area contributed by atoms with Gasteiger partial charge in [-0.05, 0) is 49.7 Å². The van der Waals surface area contributed by atoms with Crippen molar-refractivity contribution in [3.8, 4) is 0 Å². The van der Waals surface area contributed by atoms with Crippen LogP contribution in [0.3, 0.4) is 0 Å². The molecule has 8 heteroatoms. The molecule has 4 aliphatic rings. The standard InChI is InChI=1S/C18H23N3O4S/c22-18-19-16-6-5-15(7-17(16)25-18)26(23,24)21-10-13-3-4-14(11-21)20(9-13)8-12-1-2-12/h5-7,12-14H,1-4,8-11H2,(H,19,22)/t13-,14-/m1/s1. The Balaban J connectivity index is 1.44. The van der Waals surface area contributed by atoms with Crippen LogP contribution in [0, 0.1) is 11.8 Å². The molecule has 3 aliphatic heterocycles. The molecule has 7 nitrogen and oxygen atoms in total. The van der Waals surface area contributed by atoms with Crippen LogP contribution in [0.5, 0.6) is 0 Å². The van der Waals surface area contributed by atoms with Crippen molar-refractivity contribution in [2.45, 2.75) is 36.6 Å². The number of hydrogen-bond donors (Lipinski definition) is 1. The van der Waals surface area contributed by atoms with Gasteiger partial charge in [-0.2, -0.15) is 4.31 Å². The molecular formula is C18H23N3O4S. The molecule has 26 heavy (non-hydrogen) atoms. The van der Waals surface area contributed by atoms with E-state index in [9.17, 15) is 13.2 Å². The van der Waals surface area contributed by atoms with E-state index >= 15 is 0 Å². The van der Waals surface area contributed by atoms with Crippen LogP contribution in [-0.4, -0.2) is 54.8 Å². The van der Waals surface area contributed by atoms with Crippen LogP contribution in [-0.2, 0) is 10.0 Å². The summed E-state index contributed by atoms with van der Waals surface area (Å²) in [6.07, 6.45) is 4.81. The van der Waals surface area contributed by atoms with Crippen LogP contribution in [0.2, 0.25) is 0 Å². The molecular weight excluding hydrogens is 354 g/mol. The summed E-state index contributed by atoms with van der Waals surface area (Å²) < 4.78 is 33.1. The highest BCUT2D eigenvalue weighted by Gasteiger charge is 2.41. The number of sulfonamides is 1. The second-order valence-corrected chi connectivity index (χ2v) is 9.93. The number of aromatic amines is 1. The lowest BCUT2D eigenvalue weighted by atomic mass is 9.95. The van der Waals surface area contributed by atoms with Gasteiger partial charge in [-0.25, -0.2) is 13.2 Å². The van der Waals surface area contributed by atoms with Crippen molar-refractivity contribution < 1.29 is 12.8 Å². The normalized spacial score (nSPS) is 27.8. The molecule has 4 fully saturated rings. The summed E-state index contributed by atoms with van der Waals surface area (Å²) in [6, 6.07) is 4.92. The first kappa shape index (κ1) is 16.5. The molecule has 0 unspecified atom stereocenters. The van der Waals surface area contributed by atoms with E-state index in [2.05, 4.69) is 9.88 Å². The first-order valence-corrected chi connectivity index (χ1v) is 10.8. The fourth-order valence-electron chi connectivity index (χ4n) is 4.42. The van der Waals surface area contributed by atoms with Crippen molar-refractivity contribution in [3.05, 3.63) is 28.7 Å². The highest BCUT2D eigenvalue weighted by molar-refractivity contribution is 7.89. The third-order valence-electron chi connectivity index (χ3n) is 6.01. The Morgan fingerprint density at radius 1 is 1.12 bits per heavy atom. The first-order chi connectivity index (χ1) is 12.5. The maximum atomic E-state index is 13.2. The van der Waals surface area contributed by atoms with Crippen LogP contribution in [0.4, 0.5) is 0 Å². The number of oxazole rings is 1. The van der Waals surface area contributed by atoms with Crippen molar-refractivity contribution in [1.29, 1.82) is 0 Å². The van der Waals surface area contributed by atoms with Gasteiger partial charge in [0.1, 0.15) is 0 Å². The summed E-state index contributed by atoms with van der Waals surface area (Å²) in [5.41, 5.74) is 0.796. The fourth-order valence-corrected chi connectivity index (χ4v) is 5.99. The summed E-state index contributed by atoms with van der Waals surface area (Å²) in [4.78, 5) is 16.6. The van der Waals surface area contributed by atoms with Gasteiger partial charge in [0.05, 0.1) is 10.4 Å². The zero-order valence-corrected chi connectivity index (χ0v) is 15.4. The van der Waals surface area contributed by atoms with Crippen molar-refractivity contribution in [3.63, 3.8) is 0 Å². The Labute approximate surface area is 152 Å². The highest BCUT2D eigenvalue weighted by atomic mass is 32.2. The van der Waals surface area contributed by atoms with E-state index in [-0.39, 0.29) is 10.5 Å². The van der Waals surface area contributed by atoms with Crippen molar-refractivity contribution in [2.24, 2.45) is 11.8 Å². The Hall–Kier alpha value is -1.64. The predicted molar refractivity (Wildman–Crippen MR) is 96.4 cm³/mol. The Kier molecular flexibility index (Phi) is 3.77. The molecule has 2 atom stereocenters. The second kappa shape index (κ2) is 5.94. The second-order valence-electron chi connectivity index (χ2n) is 7.99. The first-order valence-electron chi connectivity index (χ1n) is 9.36. The molecule has 0 radical (unpaired) electrons. The zero-order chi connectivity index (χ0) is 17.9. The van der Waals surface area contributed by atoms with Gasteiger partial charge >= 0.3 is 5.76 Å². The monoisotopic (exact) mass is 377 g/mol. The molecule has 0 amide bonds. The lowest BCUT2D eigenvalue weighted by Gasteiger charge is -2.36. The predicted octanol–water partition coefficient (Wildman–Crippen LogP) is 1.62. The largest absolute Gasteiger partial charge is 0.417 e. The summed E-state index contributed by atoms with van der Waals surface area (Å²) in [7, 11) is -3.60. The smallest absolute Gasteiger partial charge is 0.408 e. The maximum absolute atomic E-state index is 13.2. The lowest BCUT2D eigenvalue weighted by molar-refractivity contribution is 0.127. The molecule has 1 saturated carbocycles. The molecule has 140 valence electrons. The van der Waals surface area contributed by atoms with Gasteiger partial charge in [0.2, 0.25) is 10.0 Å². The van der Waals surface area contributed by atoms with Gasteiger partial charge in [-0.1, -0.05) is 0 Å². The van der Waals surface area contributed by atoms with Crippen molar-refractivity contribution in [1.82, 2.24) is 14.2 Å². The lowest BCUT2D eigenvalue weighted by Crippen LogP contribution is -2.45. The highest BCUT2D eigenvalue weighted by Crippen LogP contribution is 2.36. The Morgan fingerprint density at radius 2 is 1.96 bits per heavy atom. The van der Waals surface area contributed by atoms with Crippen molar-refractivity contribution >= 4 is 21.1 Å². The van der Waals surface area contributed by atoms with E-state index in [1.165, 1.54) is 18.9 Å². The Morgan fingerprint density at radius 3 is 2.77 bits per heavy atom. The summed E-state index contributed by atoms with van der Waals surface area (Å²) in [5.74, 6) is 0.646. The van der Waals surface area contributed by atoms with Gasteiger partial charge < -0.3 is 4.42 Å². The van der Waals surface area contributed by atoms with E-state index in [0.717, 1.165) is 31.8 Å². The van der Waals surface area contributed by atoms with E-state index in [1.807, 2.05) is 0 Å². The molecule has 2 aromatic rings. The Bertz CT molecular complexity index is 991. The van der Waals surface area contributed by atoms with E-state index < -0.39 is 15.8 Å². The number of nitrogens with one attached hydrogen (secondary N) is 1. The molecule has 1 aliphatic carbocycles. The van der Waals surface area contributed by atoms with Gasteiger partial charge in [0.15, 0.2) is 5.58 Å². The number of hydrogen-bond acceptors (Lipinski definition) is 5. The van der Waals surface area contributed by atoms with Crippen LogP contribution in [0.15, 0.2) is 32.3 Å². The third-order valence-corrected chi connectivity index (χ3v) is 7.84. The summed E-state index contributed by atoms with van der Waals surface area (Å²) in [6.45, 7) is 3.27. The van der Waals surface area contributed by atoms with E-state index in [1.54, 1.807) is 16.4 Å². The van der Waals surface area contributed by atoms with Gasteiger partial charge in [0, 0.05) is 38.3 Å². The minimum absolute atomic E-state index is 0.197. The third kappa shape index (κ3) is 2.90. The van der Waals surface area contributed by atoms with Gasteiger partial charge in [-0.3, -0.25) is 9.88 Å². The number of aromatic nitrogens is 1. The fraction of sp³-hybridized carbons (Fsp3) is 0.611. The number of fused-ring (bicyclic) bond motifs is 5. The van der Waals surface area contributed by atoms with E-state index in [4.69, 9.17) is 4.42 Å². The van der Waals surface area contributed by atoms with Crippen LogP contribution < -0.4 is 5.76 Å². The molecule has 0 spiro atoms. The molecule has 1 N–H and O–H groups in total. The maximum Gasteiger partial charge on any atom is 0.417 e. The topological polar surface area (TPSA) is 86.6 Å². The van der Waals surface area contributed by atoms with Crippen LogP contribution in [0.1, 0.15) is 25.7 Å². The quantitative estimate of drug-likeness (QED) is 0.875. The average Bonchev–Trinajstić information content (AvgIpc) is 3.39. The summed E-state index contributed by atoms with van der Waals surface area (Å²) >= 11 is 0. The van der Waals surface area contributed by atoms with Gasteiger partial charge in [-0.15, -0.1) is 0 Å². The molecule has 1 aromatic carbocycles. The number of piperidine rings is 1. The van der Waals surface area contributed by atoms with E-state index in [0.29, 0.717) is 30.6 Å². The SMILES string of the molecule is O=c1[nH]c2ccc(S(=O)(=O)N3C[C@@H]4CC[C@H](C3)N(CC3CC3)C4)cc2o1. The number of rotatable bonds is 4.